The van der Waals surface area contributed by atoms with E-state index in [2.05, 4.69) is 21.6 Å². The van der Waals surface area contributed by atoms with Gasteiger partial charge >= 0.3 is 0 Å². The number of sulfonamides is 1. The summed E-state index contributed by atoms with van der Waals surface area (Å²) in [6.45, 7) is 3.86. The minimum Gasteiger partial charge on any atom is -0.353 e. The monoisotopic (exact) mass is 380 g/mol. The molecule has 1 fully saturated rings. The van der Waals surface area contributed by atoms with Gasteiger partial charge in [-0.15, -0.1) is 0 Å². The first-order valence-electron chi connectivity index (χ1n) is 8.66. The van der Waals surface area contributed by atoms with Gasteiger partial charge in [0.2, 0.25) is 10.0 Å². The van der Waals surface area contributed by atoms with Crippen molar-refractivity contribution >= 4 is 10.0 Å². The van der Waals surface area contributed by atoms with Gasteiger partial charge in [-0.1, -0.05) is 6.07 Å². The molecule has 26 heavy (non-hydrogen) atoms. The Morgan fingerprint density at radius 1 is 1.12 bits per heavy atom. The van der Waals surface area contributed by atoms with Crippen molar-refractivity contribution in [1.82, 2.24) is 19.1 Å². The summed E-state index contributed by atoms with van der Waals surface area (Å²) < 4.78 is 43.2. The lowest BCUT2D eigenvalue weighted by Crippen LogP contribution is -2.48. The van der Waals surface area contributed by atoms with E-state index in [9.17, 15) is 12.8 Å². The molecule has 0 bridgehead atoms. The van der Waals surface area contributed by atoms with Crippen molar-refractivity contribution in [2.45, 2.75) is 10.9 Å². The highest BCUT2D eigenvalue weighted by Gasteiger charge is 2.27. The van der Waals surface area contributed by atoms with Gasteiger partial charge in [0.15, 0.2) is 0 Å². The minimum absolute atomic E-state index is 0.0542. The van der Waals surface area contributed by atoms with Crippen LogP contribution in [-0.2, 0) is 17.1 Å². The number of halogens is 1. The molecule has 1 aliphatic heterocycles. The Labute approximate surface area is 154 Å². The number of aryl methyl sites for hydroxylation is 1. The molecule has 0 amide bonds. The van der Waals surface area contributed by atoms with E-state index in [-0.39, 0.29) is 17.5 Å². The molecule has 1 saturated heterocycles. The van der Waals surface area contributed by atoms with E-state index in [0.29, 0.717) is 0 Å². The molecule has 142 valence electrons. The molecule has 1 unspecified atom stereocenters. The van der Waals surface area contributed by atoms with Crippen LogP contribution in [0.2, 0.25) is 0 Å². The fourth-order valence-electron chi connectivity index (χ4n) is 3.28. The number of nitrogens with zero attached hydrogens (tertiary/aromatic N) is 3. The summed E-state index contributed by atoms with van der Waals surface area (Å²) in [5, 5.41) is 0. The van der Waals surface area contributed by atoms with Gasteiger partial charge in [0, 0.05) is 51.7 Å². The molecule has 0 radical (unpaired) electrons. The third kappa shape index (κ3) is 4.32. The maximum absolute atomic E-state index is 13.4. The lowest BCUT2D eigenvalue weighted by atomic mass is 10.1. The molecule has 1 atom stereocenters. The first-order chi connectivity index (χ1) is 12.4. The number of nitrogens with one attached hydrogen (secondary N) is 1. The van der Waals surface area contributed by atoms with Crippen LogP contribution in [0.5, 0.6) is 0 Å². The average molecular weight is 380 g/mol. The minimum atomic E-state index is -3.77. The van der Waals surface area contributed by atoms with Crippen molar-refractivity contribution in [3.05, 3.63) is 54.1 Å². The number of hydrogen-bond donors (Lipinski definition) is 1. The summed E-state index contributed by atoms with van der Waals surface area (Å²) >= 11 is 0. The van der Waals surface area contributed by atoms with E-state index >= 15 is 0 Å². The highest BCUT2D eigenvalue weighted by molar-refractivity contribution is 7.89. The second-order valence-corrected chi connectivity index (χ2v) is 8.48. The van der Waals surface area contributed by atoms with Crippen molar-refractivity contribution in [2.24, 2.45) is 7.05 Å². The Bertz CT molecular complexity index is 844. The summed E-state index contributed by atoms with van der Waals surface area (Å²) in [5.74, 6) is -0.564. The van der Waals surface area contributed by atoms with Crippen LogP contribution in [0.3, 0.4) is 0 Å². The molecule has 6 nitrogen and oxygen atoms in total. The lowest BCUT2D eigenvalue weighted by Gasteiger charge is -2.38. The van der Waals surface area contributed by atoms with Crippen molar-refractivity contribution in [3.8, 4) is 0 Å². The second-order valence-electron chi connectivity index (χ2n) is 6.71. The van der Waals surface area contributed by atoms with E-state index in [1.54, 1.807) is 0 Å². The molecule has 0 spiro atoms. The Morgan fingerprint density at radius 2 is 1.85 bits per heavy atom. The molecule has 3 rings (SSSR count). The number of rotatable bonds is 6. The third-order valence-corrected chi connectivity index (χ3v) is 6.30. The predicted octanol–water partition coefficient (Wildman–Crippen LogP) is 1.43. The van der Waals surface area contributed by atoms with Crippen LogP contribution in [0.25, 0.3) is 0 Å². The van der Waals surface area contributed by atoms with Gasteiger partial charge in [0.25, 0.3) is 0 Å². The maximum atomic E-state index is 13.4. The zero-order chi connectivity index (χ0) is 18.7. The summed E-state index contributed by atoms with van der Waals surface area (Å²) in [6, 6.07) is 8.97. The van der Waals surface area contributed by atoms with Gasteiger partial charge in [-0.3, -0.25) is 4.90 Å². The van der Waals surface area contributed by atoms with Crippen molar-refractivity contribution in [2.75, 3.05) is 39.8 Å². The Hall–Kier alpha value is -1.74. The summed E-state index contributed by atoms with van der Waals surface area (Å²) in [5.41, 5.74) is 1.05. The molecule has 2 aromatic rings. The second kappa shape index (κ2) is 7.87. The normalized spacial score (nSPS) is 18.1. The molecular formula is C18H25FN4O2S. The number of benzene rings is 1. The van der Waals surface area contributed by atoms with Gasteiger partial charge in [-0.25, -0.2) is 17.5 Å². The molecule has 2 heterocycles. The lowest BCUT2D eigenvalue weighted by molar-refractivity contribution is 0.109. The summed E-state index contributed by atoms with van der Waals surface area (Å²) in [4.78, 5) is 4.50. The molecule has 1 aromatic heterocycles. The largest absolute Gasteiger partial charge is 0.353 e. The van der Waals surface area contributed by atoms with E-state index in [1.807, 2.05) is 29.9 Å². The van der Waals surface area contributed by atoms with Crippen molar-refractivity contribution in [3.63, 3.8) is 0 Å². The van der Waals surface area contributed by atoms with Crippen molar-refractivity contribution < 1.29 is 12.8 Å². The van der Waals surface area contributed by atoms with Gasteiger partial charge in [-0.05, 0) is 37.4 Å². The van der Waals surface area contributed by atoms with Crippen LogP contribution < -0.4 is 4.72 Å². The van der Waals surface area contributed by atoms with Crippen LogP contribution >= 0.6 is 0 Å². The number of aromatic nitrogens is 1. The van der Waals surface area contributed by atoms with Gasteiger partial charge < -0.3 is 9.47 Å². The molecule has 0 aliphatic carbocycles. The highest BCUT2D eigenvalue weighted by atomic mass is 32.2. The topological polar surface area (TPSA) is 57.6 Å². The molecular weight excluding hydrogens is 355 g/mol. The zero-order valence-electron chi connectivity index (χ0n) is 15.1. The molecule has 1 N–H and O–H groups in total. The van der Waals surface area contributed by atoms with Gasteiger partial charge in [-0.2, -0.15) is 0 Å². The van der Waals surface area contributed by atoms with Crippen LogP contribution in [0.1, 0.15) is 11.7 Å². The Balaban J connectivity index is 1.79. The first kappa shape index (κ1) is 19.0. The van der Waals surface area contributed by atoms with Gasteiger partial charge in [0.05, 0.1) is 10.9 Å². The summed E-state index contributed by atoms with van der Waals surface area (Å²) in [6.07, 6.45) is 1.96. The van der Waals surface area contributed by atoms with Crippen molar-refractivity contribution in [1.29, 1.82) is 0 Å². The van der Waals surface area contributed by atoms with Gasteiger partial charge in [0.1, 0.15) is 5.82 Å². The smallest absolute Gasteiger partial charge is 0.240 e. The predicted molar refractivity (Wildman–Crippen MR) is 98.8 cm³/mol. The number of piperazine rings is 1. The fraction of sp³-hybridized carbons (Fsp3) is 0.444. The van der Waals surface area contributed by atoms with E-state index < -0.39 is 15.8 Å². The molecule has 1 aromatic carbocycles. The Kier molecular flexibility index (Phi) is 5.76. The van der Waals surface area contributed by atoms with E-state index in [4.69, 9.17) is 0 Å². The quantitative estimate of drug-likeness (QED) is 0.824. The van der Waals surface area contributed by atoms with Crippen LogP contribution in [0.15, 0.2) is 47.5 Å². The van der Waals surface area contributed by atoms with E-state index in [1.165, 1.54) is 18.2 Å². The first-order valence-corrected chi connectivity index (χ1v) is 10.1. The summed E-state index contributed by atoms with van der Waals surface area (Å²) in [7, 11) is 0.275. The SMILES string of the molecule is CN1CCN(C(CNS(=O)(=O)c2cccc(F)c2)c2cccn2C)CC1. The molecule has 1 aliphatic rings. The number of hydrogen-bond acceptors (Lipinski definition) is 4. The zero-order valence-corrected chi connectivity index (χ0v) is 15.9. The Morgan fingerprint density at radius 3 is 2.46 bits per heavy atom. The van der Waals surface area contributed by atoms with E-state index in [0.717, 1.165) is 37.9 Å². The van der Waals surface area contributed by atoms with Crippen LogP contribution in [0.4, 0.5) is 4.39 Å². The molecule has 8 heteroatoms. The fourth-order valence-corrected chi connectivity index (χ4v) is 4.35. The number of likely N-dealkylation sites (N-methyl/N-ethyl adjacent to an activating group) is 1. The maximum Gasteiger partial charge on any atom is 0.240 e. The molecule has 0 saturated carbocycles. The standard InChI is InChI=1S/C18H25FN4O2S/c1-21-9-11-23(12-10-21)18(17-7-4-8-22(17)2)14-20-26(24,25)16-6-3-5-15(19)13-16/h3-8,13,18,20H,9-12,14H2,1-2H3. The average Bonchev–Trinajstić information content (AvgIpc) is 3.02. The van der Waals surface area contributed by atoms with Crippen LogP contribution in [-0.4, -0.2) is 62.6 Å². The third-order valence-electron chi connectivity index (χ3n) is 4.88. The highest BCUT2D eigenvalue weighted by Crippen LogP contribution is 2.22. The van der Waals surface area contributed by atoms with Crippen LogP contribution in [0, 0.1) is 5.82 Å².